The van der Waals surface area contributed by atoms with Crippen LogP contribution in [0.1, 0.15) is 59.3 Å². The van der Waals surface area contributed by atoms with Crippen molar-refractivity contribution in [3.63, 3.8) is 0 Å². The molecular formula is C12H22O. The van der Waals surface area contributed by atoms with Gasteiger partial charge in [-0.1, -0.05) is 27.2 Å². The van der Waals surface area contributed by atoms with Gasteiger partial charge < -0.3 is 4.79 Å². The maximum atomic E-state index is 10.4. The van der Waals surface area contributed by atoms with Crippen molar-refractivity contribution in [3.8, 4) is 0 Å². The third kappa shape index (κ3) is 3.13. The fourth-order valence-electron chi connectivity index (χ4n) is 2.95. The summed E-state index contributed by atoms with van der Waals surface area (Å²) >= 11 is 0. The summed E-state index contributed by atoms with van der Waals surface area (Å²) in [5, 5.41) is 0. The monoisotopic (exact) mass is 182 g/mol. The zero-order valence-electron chi connectivity index (χ0n) is 9.23. The van der Waals surface area contributed by atoms with Gasteiger partial charge in [0.05, 0.1) is 0 Å². The lowest BCUT2D eigenvalue weighted by Gasteiger charge is -2.42. The zero-order chi connectivity index (χ0) is 9.95. The van der Waals surface area contributed by atoms with Crippen LogP contribution in [0.15, 0.2) is 0 Å². The Kier molecular flexibility index (Phi) is 3.15. The first-order chi connectivity index (χ1) is 5.97. The average Bonchev–Trinajstić information content (AvgIpc) is 1.98. The molecule has 0 aliphatic heterocycles. The molecule has 13 heavy (non-hydrogen) atoms. The molecule has 0 spiro atoms. The Bertz CT molecular complexity index is 184. The summed E-state index contributed by atoms with van der Waals surface area (Å²) in [6.45, 7) is 7.05. The van der Waals surface area contributed by atoms with Crippen molar-refractivity contribution >= 4 is 6.29 Å². The Morgan fingerprint density at radius 2 is 1.92 bits per heavy atom. The van der Waals surface area contributed by atoms with E-state index in [2.05, 4.69) is 20.8 Å². The van der Waals surface area contributed by atoms with Crippen LogP contribution >= 0.6 is 0 Å². The standard InChI is InChI=1S/C12H22O/c1-11(2)6-4-7-12(3,10-11)8-5-9-13/h9H,4-8,10H2,1-3H3/t12-/m1/s1. The summed E-state index contributed by atoms with van der Waals surface area (Å²) in [6, 6.07) is 0. The Morgan fingerprint density at radius 3 is 2.46 bits per heavy atom. The van der Waals surface area contributed by atoms with Gasteiger partial charge in [0.1, 0.15) is 6.29 Å². The number of carbonyl (C=O) groups excluding carboxylic acids is 1. The van der Waals surface area contributed by atoms with Crippen molar-refractivity contribution in [2.24, 2.45) is 10.8 Å². The van der Waals surface area contributed by atoms with Gasteiger partial charge in [-0.2, -0.15) is 0 Å². The van der Waals surface area contributed by atoms with E-state index in [4.69, 9.17) is 0 Å². The van der Waals surface area contributed by atoms with Crippen LogP contribution in [0.25, 0.3) is 0 Å². The number of hydrogen-bond donors (Lipinski definition) is 0. The minimum absolute atomic E-state index is 0.433. The maximum Gasteiger partial charge on any atom is 0.120 e. The van der Waals surface area contributed by atoms with Gasteiger partial charge in [-0.25, -0.2) is 0 Å². The Labute approximate surface area is 81.9 Å². The molecule has 1 heteroatoms. The van der Waals surface area contributed by atoms with Crippen LogP contribution in [-0.4, -0.2) is 6.29 Å². The molecule has 0 amide bonds. The predicted molar refractivity (Wildman–Crippen MR) is 55.7 cm³/mol. The summed E-state index contributed by atoms with van der Waals surface area (Å²) in [6.07, 6.45) is 8.17. The molecule has 0 bridgehead atoms. The molecule has 1 aliphatic carbocycles. The summed E-state index contributed by atoms with van der Waals surface area (Å²) in [4.78, 5) is 10.4. The first-order valence-corrected chi connectivity index (χ1v) is 5.41. The molecule has 0 aromatic carbocycles. The van der Waals surface area contributed by atoms with Gasteiger partial charge in [-0.3, -0.25) is 0 Å². The van der Waals surface area contributed by atoms with Crippen LogP contribution in [0, 0.1) is 10.8 Å². The minimum atomic E-state index is 0.433. The van der Waals surface area contributed by atoms with Crippen LogP contribution in [-0.2, 0) is 4.79 Å². The maximum absolute atomic E-state index is 10.4. The molecule has 0 heterocycles. The third-order valence-electron chi connectivity index (χ3n) is 3.40. The molecule has 1 nitrogen and oxygen atoms in total. The van der Waals surface area contributed by atoms with E-state index in [-0.39, 0.29) is 0 Å². The van der Waals surface area contributed by atoms with Crippen molar-refractivity contribution < 1.29 is 4.79 Å². The molecule has 0 N–H and O–H groups in total. The topological polar surface area (TPSA) is 17.1 Å². The predicted octanol–water partition coefficient (Wildman–Crippen LogP) is 3.57. The summed E-state index contributed by atoms with van der Waals surface area (Å²) in [7, 11) is 0. The SMILES string of the molecule is CC1(C)CCC[C@](C)(CCC=O)C1. The smallest absolute Gasteiger partial charge is 0.120 e. The van der Waals surface area contributed by atoms with Crippen LogP contribution < -0.4 is 0 Å². The molecule has 0 unspecified atom stereocenters. The molecule has 0 aromatic heterocycles. The number of rotatable bonds is 3. The molecule has 1 saturated carbocycles. The van der Waals surface area contributed by atoms with E-state index >= 15 is 0 Å². The van der Waals surface area contributed by atoms with Gasteiger partial charge in [-0.15, -0.1) is 0 Å². The van der Waals surface area contributed by atoms with Crippen molar-refractivity contribution in [2.75, 3.05) is 0 Å². The second-order valence-corrected chi connectivity index (χ2v) is 5.71. The van der Waals surface area contributed by atoms with Crippen molar-refractivity contribution in [1.82, 2.24) is 0 Å². The lowest BCUT2D eigenvalue weighted by atomic mass is 9.63. The first-order valence-electron chi connectivity index (χ1n) is 5.41. The van der Waals surface area contributed by atoms with E-state index in [9.17, 15) is 4.79 Å². The second kappa shape index (κ2) is 3.81. The highest BCUT2D eigenvalue weighted by Crippen LogP contribution is 2.48. The summed E-state index contributed by atoms with van der Waals surface area (Å²) in [5.41, 5.74) is 0.929. The lowest BCUT2D eigenvalue weighted by molar-refractivity contribution is -0.108. The van der Waals surface area contributed by atoms with Crippen LogP contribution in [0.5, 0.6) is 0 Å². The molecule has 1 aliphatic rings. The lowest BCUT2D eigenvalue weighted by Crippen LogP contribution is -2.30. The van der Waals surface area contributed by atoms with Crippen molar-refractivity contribution in [1.29, 1.82) is 0 Å². The highest BCUT2D eigenvalue weighted by Gasteiger charge is 2.35. The summed E-state index contributed by atoms with van der Waals surface area (Å²) in [5.74, 6) is 0. The van der Waals surface area contributed by atoms with Crippen LogP contribution in [0.3, 0.4) is 0 Å². The van der Waals surface area contributed by atoms with Gasteiger partial charge >= 0.3 is 0 Å². The van der Waals surface area contributed by atoms with E-state index in [0.717, 1.165) is 19.1 Å². The van der Waals surface area contributed by atoms with E-state index in [0.29, 0.717) is 10.8 Å². The average molecular weight is 182 g/mol. The van der Waals surface area contributed by atoms with Gasteiger partial charge in [-0.05, 0) is 36.5 Å². The number of aldehydes is 1. The van der Waals surface area contributed by atoms with Gasteiger partial charge in [0, 0.05) is 6.42 Å². The highest BCUT2D eigenvalue weighted by atomic mass is 16.1. The molecule has 0 radical (unpaired) electrons. The van der Waals surface area contributed by atoms with Crippen LogP contribution in [0.4, 0.5) is 0 Å². The van der Waals surface area contributed by atoms with Crippen molar-refractivity contribution in [3.05, 3.63) is 0 Å². The molecule has 1 atom stereocenters. The van der Waals surface area contributed by atoms with E-state index < -0.39 is 0 Å². The Balaban J connectivity index is 2.52. The normalized spacial score (nSPS) is 32.8. The largest absolute Gasteiger partial charge is 0.303 e. The molecule has 0 saturated heterocycles. The van der Waals surface area contributed by atoms with Gasteiger partial charge in [0.25, 0.3) is 0 Å². The Hall–Kier alpha value is -0.330. The quantitative estimate of drug-likeness (QED) is 0.610. The molecule has 1 rings (SSSR count). The molecule has 76 valence electrons. The van der Waals surface area contributed by atoms with Gasteiger partial charge in [0.2, 0.25) is 0 Å². The van der Waals surface area contributed by atoms with E-state index in [1.165, 1.54) is 25.7 Å². The van der Waals surface area contributed by atoms with Gasteiger partial charge in [0.15, 0.2) is 0 Å². The fraction of sp³-hybridized carbons (Fsp3) is 0.917. The first kappa shape index (κ1) is 10.7. The van der Waals surface area contributed by atoms with Crippen molar-refractivity contribution in [2.45, 2.75) is 59.3 Å². The minimum Gasteiger partial charge on any atom is -0.303 e. The fourth-order valence-corrected chi connectivity index (χ4v) is 2.95. The zero-order valence-corrected chi connectivity index (χ0v) is 9.23. The third-order valence-corrected chi connectivity index (χ3v) is 3.40. The number of carbonyl (C=O) groups is 1. The van der Waals surface area contributed by atoms with Crippen LogP contribution in [0.2, 0.25) is 0 Å². The summed E-state index contributed by atoms with van der Waals surface area (Å²) < 4.78 is 0. The van der Waals surface area contributed by atoms with E-state index in [1.54, 1.807) is 0 Å². The molecule has 1 fully saturated rings. The second-order valence-electron chi connectivity index (χ2n) is 5.71. The number of hydrogen-bond acceptors (Lipinski definition) is 1. The highest BCUT2D eigenvalue weighted by molar-refractivity contribution is 5.49. The molecular weight excluding hydrogens is 160 g/mol. The van der Waals surface area contributed by atoms with E-state index in [1.807, 2.05) is 0 Å². The Morgan fingerprint density at radius 1 is 1.23 bits per heavy atom. The molecule has 0 aromatic rings.